The van der Waals surface area contributed by atoms with Crippen molar-refractivity contribution >= 4 is 46.0 Å². The number of tetrazole rings is 1. The van der Waals surface area contributed by atoms with Gasteiger partial charge in [-0.1, -0.05) is 32.9 Å². The second-order valence-corrected chi connectivity index (χ2v) is 13.4. The number of fused-ring (bicyclic) bond motifs is 1. The van der Waals surface area contributed by atoms with Crippen molar-refractivity contribution in [1.82, 2.24) is 34.6 Å². The summed E-state index contributed by atoms with van der Waals surface area (Å²) in [6.45, 7) is 7.75. The first-order chi connectivity index (χ1) is 22.6. The molecule has 0 saturated carbocycles. The molecule has 244 valence electrons. The number of amides is 1. The van der Waals surface area contributed by atoms with Crippen molar-refractivity contribution in [3.63, 3.8) is 0 Å². The lowest BCUT2D eigenvalue weighted by Gasteiger charge is -2.31. The van der Waals surface area contributed by atoms with Crippen LogP contribution in [-0.2, 0) is 23.2 Å². The maximum Gasteiger partial charge on any atom is 0.267 e. The molecule has 1 aliphatic rings. The van der Waals surface area contributed by atoms with E-state index in [-0.39, 0.29) is 29.4 Å². The number of carbonyl (C=O) groups excluding carboxylic acids is 1. The van der Waals surface area contributed by atoms with Gasteiger partial charge in [-0.05, 0) is 65.6 Å². The van der Waals surface area contributed by atoms with Crippen LogP contribution in [0.4, 0.5) is 10.9 Å². The number of benzene rings is 1. The van der Waals surface area contributed by atoms with Crippen LogP contribution in [0.5, 0.6) is 5.75 Å². The Labute approximate surface area is 275 Å². The molecule has 13 nitrogen and oxygen atoms in total. The predicted molar refractivity (Wildman–Crippen MR) is 181 cm³/mol. The van der Waals surface area contributed by atoms with Crippen molar-refractivity contribution in [3.8, 4) is 5.75 Å². The molecule has 0 atom stereocenters. The van der Waals surface area contributed by atoms with Gasteiger partial charge in [-0.15, -0.1) is 21.5 Å². The van der Waals surface area contributed by atoms with Crippen LogP contribution in [0.15, 0.2) is 52.8 Å². The van der Waals surface area contributed by atoms with Crippen LogP contribution < -0.4 is 20.5 Å². The fraction of sp³-hybridized carbons (Fsp3) is 0.364. The Bertz CT molecular complexity index is 1970. The summed E-state index contributed by atoms with van der Waals surface area (Å²) >= 11 is 1.40. The standard InChI is InChI=1S/C33H37N9O4S/c1-33(2,3)26-20-47-32(34-26)36-29(44)18-22-11-16-41-28(17-22)35-30(40-14-12-23(43)13-15-40)25(31(41)45)9-10-27-37-39-42(38-27)19-21-5-7-24(46-4)8-6-21/h5-11,16-17,20,23,43H,12-15,18-19H2,1-4H3,(H,34,36,44)/b10-9+. The van der Waals surface area contributed by atoms with E-state index in [2.05, 4.69) is 46.5 Å². The Morgan fingerprint density at radius 1 is 1.11 bits per heavy atom. The average molecular weight is 656 g/mol. The normalized spacial score (nSPS) is 14.3. The Morgan fingerprint density at radius 3 is 2.57 bits per heavy atom. The van der Waals surface area contributed by atoms with Crippen LogP contribution in [0.3, 0.4) is 0 Å². The summed E-state index contributed by atoms with van der Waals surface area (Å²) in [5.74, 6) is 1.41. The van der Waals surface area contributed by atoms with Gasteiger partial charge in [0.25, 0.3) is 5.56 Å². The molecule has 1 aliphatic heterocycles. The van der Waals surface area contributed by atoms with Crippen LogP contribution in [0.1, 0.15) is 61.8 Å². The summed E-state index contributed by atoms with van der Waals surface area (Å²) < 4.78 is 6.68. The highest BCUT2D eigenvalue weighted by Crippen LogP contribution is 2.27. The number of anilines is 2. The molecule has 0 radical (unpaired) electrons. The molecule has 0 aliphatic carbocycles. The maximum absolute atomic E-state index is 13.9. The molecule has 47 heavy (non-hydrogen) atoms. The third kappa shape index (κ3) is 7.55. The largest absolute Gasteiger partial charge is 0.497 e. The number of rotatable bonds is 9. The summed E-state index contributed by atoms with van der Waals surface area (Å²) in [4.78, 5) is 39.7. The van der Waals surface area contributed by atoms with Gasteiger partial charge < -0.3 is 20.1 Å². The van der Waals surface area contributed by atoms with Crippen LogP contribution >= 0.6 is 11.3 Å². The summed E-state index contributed by atoms with van der Waals surface area (Å²) in [6.07, 6.45) is 5.80. The number of hydrogen-bond acceptors (Lipinski definition) is 11. The van der Waals surface area contributed by atoms with Gasteiger partial charge >= 0.3 is 0 Å². The molecule has 4 aromatic heterocycles. The van der Waals surface area contributed by atoms with Crippen molar-refractivity contribution in [2.45, 2.75) is 58.1 Å². The topological polar surface area (TPSA) is 153 Å². The highest BCUT2D eigenvalue weighted by molar-refractivity contribution is 7.13. The number of pyridine rings is 1. The molecule has 1 saturated heterocycles. The summed E-state index contributed by atoms with van der Waals surface area (Å²) in [5, 5.41) is 28.3. The van der Waals surface area contributed by atoms with Crippen LogP contribution in [0, 0.1) is 0 Å². The molecule has 2 N–H and O–H groups in total. The second-order valence-electron chi connectivity index (χ2n) is 12.5. The summed E-state index contributed by atoms with van der Waals surface area (Å²) in [6, 6.07) is 11.1. The second kappa shape index (κ2) is 13.4. The highest BCUT2D eigenvalue weighted by atomic mass is 32.1. The number of nitrogens with zero attached hydrogens (tertiary/aromatic N) is 8. The number of methoxy groups -OCH3 is 1. The molecule has 0 bridgehead atoms. The Hall–Kier alpha value is -4.95. The van der Waals surface area contributed by atoms with Crippen LogP contribution in [-0.4, -0.2) is 71.9 Å². The van der Waals surface area contributed by atoms with E-state index in [9.17, 15) is 14.7 Å². The zero-order valence-corrected chi connectivity index (χ0v) is 27.6. The average Bonchev–Trinajstić information content (AvgIpc) is 3.71. The van der Waals surface area contributed by atoms with Crippen molar-refractivity contribution in [3.05, 3.63) is 86.5 Å². The van der Waals surface area contributed by atoms with E-state index in [0.717, 1.165) is 17.0 Å². The number of thiazole rings is 1. The van der Waals surface area contributed by atoms with E-state index in [0.29, 0.717) is 66.0 Å². The van der Waals surface area contributed by atoms with Gasteiger partial charge in [0.15, 0.2) is 11.0 Å². The van der Waals surface area contributed by atoms with E-state index in [1.165, 1.54) is 20.5 Å². The first-order valence-corrected chi connectivity index (χ1v) is 16.3. The quantitative estimate of drug-likeness (QED) is 0.240. The van der Waals surface area contributed by atoms with Crippen molar-refractivity contribution in [2.24, 2.45) is 0 Å². The van der Waals surface area contributed by atoms with E-state index in [1.54, 1.807) is 37.6 Å². The molecule has 0 unspecified atom stereocenters. The highest BCUT2D eigenvalue weighted by Gasteiger charge is 2.23. The monoisotopic (exact) mass is 655 g/mol. The van der Waals surface area contributed by atoms with Gasteiger partial charge in [-0.2, -0.15) is 4.80 Å². The smallest absolute Gasteiger partial charge is 0.267 e. The van der Waals surface area contributed by atoms with Gasteiger partial charge in [0, 0.05) is 30.1 Å². The zero-order valence-electron chi connectivity index (χ0n) is 26.8. The number of piperidine rings is 1. The number of hydrogen-bond donors (Lipinski definition) is 2. The Morgan fingerprint density at radius 2 is 1.87 bits per heavy atom. The fourth-order valence-corrected chi connectivity index (χ4v) is 6.18. The van der Waals surface area contributed by atoms with E-state index in [4.69, 9.17) is 9.72 Å². The van der Waals surface area contributed by atoms with Gasteiger partial charge in [0.05, 0.1) is 37.4 Å². The summed E-state index contributed by atoms with van der Waals surface area (Å²) in [7, 11) is 1.62. The lowest BCUT2D eigenvalue weighted by atomic mass is 9.93. The lowest BCUT2D eigenvalue weighted by Crippen LogP contribution is -2.38. The Kier molecular flexibility index (Phi) is 9.14. The number of ether oxygens (including phenoxy) is 1. The van der Waals surface area contributed by atoms with E-state index in [1.807, 2.05) is 34.5 Å². The minimum absolute atomic E-state index is 0.0988. The number of aliphatic hydroxyl groups excluding tert-OH is 1. The fourth-order valence-electron chi connectivity index (χ4n) is 5.22. The van der Waals surface area contributed by atoms with Crippen LogP contribution in [0.25, 0.3) is 17.8 Å². The van der Waals surface area contributed by atoms with Gasteiger partial charge in [0.1, 0.15) is 17.2 Å². The third-order valence-electron chi connectivity index (χ3n) is 7.91. The minimum atomic E-state index is -0.390. The number of aromatic nitrogens is 7. The van der Waals surface area contributed by atoms with Gasteiger partial charge in [0.2, 0.25) is 5.91 Å². The first-order valence-electron chi connectivity index (χ1n) is 15.4. The van der Waals surface area contributed by atoms with Crippen molar-refractivity contribution in [1.29, 1.82) is 0 Å². The molecule has 1 aromatic carbocycles. The molecule has 5 aromatic rings. The number of nitrogens with one attached hydrogen (secondary N) is 1. The lowest BCUT2D eigenvalue weighted by molar-refractivity contribution is -0.115. The van der Waals surface area contributed by atoms with Gasteiger partial charge in [-0.3, -0.25) is 14.0 Å². The van der Waals surface area contributed by atoms with E-state index >= 15 is 0 Å². The molecule has 6 rings (SSSR count). The molecule has 0 spiro atoms. The SMILES string of the molecule is COc1ccc(Cn2nnc(/C=C/c3c(N4CCC(O)CC4)nc4cc(CC(=O)Nc5nc(C(C)(C)C)cs5)ccn4c3=O)n2)cc1. The van der Waals surface area contributed by atoms with Crippen molar-refractivity contribution < 1.29 is 14.6 Å². The maximum atomic E-state index is 13.9. The van der Waals surface area contributed by atoms with Crippen LogP contribution in [0.2, 0.25) is 0 Å². The molecule has 5 heterocycles. The van der Waals surface area contributed by atoms with Gasteiger partial charge in [-0.25, -0.2) is 9.97 Å². The predicted octanol–water partition coefficient (Wildman–Crippen LogP) is 3.80. The molecule has 1 amide bonds. The minimum Gasteiger partial charge on any atom is -0.497 e. The molecule has 1 fully saturated rings. The van der Waals surface area contributed by atoms with E-state index < -0.39 is 0 Å². The summed E-state index contributed by atoms with van der Waals surface area (Å²) in [5.41, 5.74) is 3.03. The first kappa shape index (κ1) is 32.0. The third-order valence-corrected chi connectivity index (χ3v) is 8.67. The number of carbonyl (C=O) groups is 1. The zero-order chi connectivity index (χ0) is 33.1. The Balaban J connectivity index is 1.25. The molecular formula is C33H37N9O4S. The molecule has 14 heteroatoms. The number of aliphatic hydroxyl groups is 1. The van der Waals surface area contributed by atoms with Crippen molar-refractivity contribution in [2.75, 3.05) is 30.4 Å². The molecular weight excluding hydrogens is 618 g/mol.